The molecule has 0 fully saturated rings. The van der Waals surface area contributed by atoms with Crippen LogP contribution in [0.4, 0.5) is 5.69 Å². The van der Waals surface area contributed by atoms with Crippen LogP contribution in [0.3, 0.4) is 0 Å². The minimum atomic E-state index is -3.53. The van der Waals surface area contributed by atoms with Gasteiger partial charge < -0.3 is 10.1 Å². The van der Waals surface area contributed by atoms with Crippen molar-refractivity contribution in [3.05, 3.63) is 59.1 Å². The normalized spacial score (nSPS) is 11.0. The average molecular weight is 397 g/mol. The van der Waals surface area contributed by atoms with E-state index in [4.69, 9.17) is 16.3 Å². The SMILES string of the molecule is Cc1ccc(OCC(=O)NCCN(c2ccccc2Cl)S(C)(=O)=O)cc1. The highest BCUT2D eigenvalue weighted by atomic mass is 35.5. The summed E-state index contributed by atoms with van der Waals surface area (Å²) in [5.74, 6) is 0.262. The van der Waals surface area contributed by atoms with E-state index in [-0.39, 0.29) is 25.6 Å². The van der Waals surface area contributed by atoms with Gasteiger partial charge in [-0.25, -0.2) is 8.42 Å². The fraction of sp³-hybridized carbons (Fsp3) is 0.278. The molecule has 0 saturated heterocycles. The number of anilines is 1. The lowest BCUT2D eigenvalue weighted by Crippen LogP contribution is -2.39. The molecule has 1 N–H and O–H groups in total. The topological polar surface area (TPSA) is 75.7 Å². The van der Waals surface area contributed by atoms with Crippen LogP contribution in [0.5, 0.6) is 5.75 Å². The van der Waals surface area contributed by atoms with Crippen molar-refractivity contribution in [2.45, 2.75) is 6.92 Å². The van der Waals surface area contributed by atoms with Gasteiger partial charge in [0.15, 0.2) is 6.61 Å². The Morgan fingerprint density at radius 1 is 1.15 bits per heavy atom. The first-order valence-corrected chi connectivity index (χ1v) is 10.2. The van der Waals surface area contributed by atoms with Crippen molar-refractivity contribution in [2.24, 2.45) is 0 Å². The van der Waals surface area contributed by atoms with Crippen LogP contribution >= 0.6 is 11.6 Å². The molecule has 0 unspecified atom stereocenters. The number of rotatable bonds is 8. The second-order valence-electron chi connectivity index (χ2n) is 5.74. The second kappa shape index (κ2) is 8.91. The summed E-state index contributed by atoms with van der Waals surface area (Å²) in [7, 11) is -3.53. The van der Waals surface area contributed by atoms with Gasteiger partial charge >= 0.3 is 0 Å². The van der Waals surface area contributed by atoms with Gasteiger partial charge in [-0.2, -0.15) is 0 Å². The molecule has 0 heterocycles. The van der Waals surface area contributed by atoms with Gasteiger partial charge in [-0.3, -0.25) is 9.10 Å². The minimum absolute atomic E-state index is 0.0683. The first-order chi connectivity index (χ1) is 12.3. The Morgan fingerprint density at radius 2 is 1.81 bits per heavy atom. The van der Waals surface area contributed by atoms with Crippen LogP contribution in [0, 0.1) is 6.92 Å². The molecule has 2 rings (SSSR count). The quantitative estimate of drug-likeness (QED) is 0.744. The third-order valence-corrected chi connectivity index (χ3v) is 5.05. The largest absolute Gasteiger partial charge is 0.484 e. The van der Waals surface area contributed by atoms with Crippen molar-refractivity contribution < 1.29 is 17.9 Å². The van der Waals surface area contributed by atoms with Gasteiger partial charge in [-0.05, 0) is 31.2 Å². The van der Waals surface area contributed by atoms with Crippen molar-refractivity contribution in [2.75, 3.05) is 30.3 Å². The first kappa shape index (κ1) is 20.1. The molecule has 26 heavy (non-hydrogen) atoms. The number of hydrogen-bond acceptors (Lipinski definition) is 4. The third-order valence-electron chi connectivity index (χ3n) is 3.55. The van der Waals surface area contributed by atoms with E-state index in [9.17, 15) is 13.2 Å². The van der Waals surface area contributed by atoms with Gasteiger partial charge in [-0.15, -0.1) is 0 Å². The third kappa shape index (κ3) is 5.93. The predicted molar refractivity (Wildman–Crippen MR) is 103 cm³/mol. The van der Waals surface area contributed by atoms with Gasteiger partial charge in [0.2, 0.25) is 10.0 Å². The number of hydrogen-bond donors (Lipinski definition) is 1. The summed E-state index contributed by atoms with van der Waals surface area (Å²) in [5.41, 5.74) is 1.48. The molecule has 2 aromatic carbocycles. The molecule has 140 valence electrons. The number of aryl methyl sites for hydroxylation is 1. The molecule has 0 spiro atoms. The van der Waals surface area contributed by atoms with Gasteiger partial charge in [0.25, 0.3) is 5.91 Å². The van der Waals surface area contributed by atoms with E-state index in [0.29, 0.717) is 16.5 Å². The number of benzene rings is 2. The Kier molecular flexibility index (Phi) is 6.88. The van der Waals surface area contributed by atoms with Crippen LogP contribution < -0.4 is 14.4 Å². The number of carbonyl (C=O) groups is 1. The van der Waals surface area contributed by atoms with E-state index < -0.39 is 10.0 Å². The Labute approximate surface area is 158 Å². The summed E-state index contributed by atoms with van der Waals surface area (Å²) in [6.07, 6.45) is 1.10. The number of para-hydroxylation sites is 1. The summed E-state index contributed by atoms with van der Waals surface area (Å²) >= 11 is 6.08. The fourth-order valence-corrected chi connectivity index (χ4v) is 3.48. The zero-order valence-corrected chi connectivity index (χ0v) is 16.2. The van der Waals surface area contributed by atoms with Crippen molar-refractivity contribution in [3.63, 3.8) is 0 Å². The van der Waals surface area contributed by atoms with Gasteiger partial charge in [0.1, 0.15) is 5.75 Å². The molecule has 0 aliphatic rings. The van der Waals surface area contributed by atoms with E-state index in [1.54, 1.807) is 36.4 Å². The number of amides is 1. The Balaban J connectivity index is 1.88. The van der Waals surface area contributed by atoms with Crippen LogP contribution in [0.2, 0.25) is 5.02 Å². The number of nitrogens with zero attached hydrogens (tertiary/aromatic N) is 1. The molecule has 2 aromatic rings. The molecule has 0 radical (unpaired) electrons. The molecular weight excluding hydrogens is 376 g/mol. The van der Waals surface area contributed by atoms with E-state index in [0.717, 1.165) is 16.1 Å². The van der Waals surface area contributed by atoms with Crippen molar-refractivity contribution >= 4 is 33.2 Å². The van der Waals surface area contributed by atoms with Crippen LogP contribution in [0.25, 0.3) is 0 Å². The summed E-state index contributed by atoms with van der Waals surface area (Å²) < 4.78 is 30.6. The Hall–Kier alpha value is -2.25. The molecule has 8 heteroatoms. The van der Waals surface area contributed by atoms with Gasteiger partial charge in [0.05, 0.1) is 23.5 Å². The number of sulfonamides is 1. The van der Waals surface area contributed by atoms with E-state index >= 15 is 0 Å². The molecular formula is C18H21ClN2O4S. The highest BCUT2D eigenvalue weighted by molar-refractivity contribution is 7.92. The lowest BCUT2D eigenvalue weighted by molar-refractivity contribution is -0.123. The van der Waals surface area contributed by atoms with E-state index in [2.05, 4.69) is 5.32 Å². The van der Waals surface area contributed by atoms with Crippen molar-refractivity contribution in [1.82, 2.24) is 5.32 Å². The van der Waals surface area contributed by atoms with E-state index in [1.807, 2.05) is 19.1 Å². The maximum absolute atomic E-state index is 12.0. The maximum Gasteiger partial charge on any atom is 0.258 e. The second-order valence-corrected chi connectivity index (χ2v) is 8.05. The number of ether oxygens (including phenoxy) is 1. The van der Waals surface area contributed by atoms with Gasteiger partial charge in [0, 0.05) is 6.54 Å². The lowest BCUT2D eigenvalue weighted by Gasteiger charge is -2.23. The van der Waals surface area contributed by atoms with E-state index in [1.165, 1.54) is 0 Å². The van der Waals surface area contributed by atoms with Crippen LogP contribution in [-0.2, 0) is 14.8 Å². The monoisotopic (exact) mass is 396 g/mol. The molecule has 0 aliphatic carbocycles. The van der Waals surface area contributed by atoms with Crippen molar-refractivity contribution in [1.29, 1.82) is 0 Å². The molecule has 0 saturated carbocycles. The number of halogens is 1. The van der Waals surface area contributed by atoms with Crippen LogP contribution in [-0.4, -0.2) is 40.3 Å². The van der Waals surface area contributed by atoms with Crippen molar-refractivity contribution in [3.8, 4) is 5.75 Å². The summed E-state index contributed by atoms with van der Waals surface area (Å²) in [4.78, 5) is 11.9. The average Bonchev–Trinajstić information content (AvgIpc) is 2.58. The Morgan fingerprint density at radius 3 is 2.42 bits per heavy atom. The highest BCUT2D eigenvalue weighted by Crippen LogP contribution is 2.26. The molecule has 0 bridgehead atoms. The maximum atomic E-state index is 12.0. The molecule has 0 atom stereocenters. The zero-order valence-electron chi connectivity index (χ0n) is 14.6. The predicted octanol–water partition coefficient (Wildman–Crippen LogP) is 2.61. The molecule has 6 nitrogen and oxygen atoms in total. The smallest absolute Gasteiger partial charge is 0.258 e. The Bertz CT molecular complexity index is 854. The summed E-state index contributed by atoms with van der Waals surface area (Å²) in [6, 6.07) is 14.0. The molecule has 0 aromatic heterocycles. The molecule has 0 aliphatic heterocycles. The zero-order chi connectivity index (χ0) is 19.2. The number of nitrogens with one attached hydrogen (secondary N) is 1. The van der Waals surface area contributed by atoms with Crippen LogP contribution in [0.15, 0.2) is 48.5 Å². The summed E-state index contributed by atoms with van der Waals surface area (Å²) in [5, 5.41) is 2.97. The van der Waals surface area contributed by atoms with Gasteiger partial charge in [-0.1, -0.05) is 41.4 Å². The molecule has 1 amide bonds. The standard InChI is InChI=1S/C18H21ClN2O4S/c1-14-7-9-15(10-8-14)25-13-18(22)20-11-12-21(26(2,23)24)17-6-4-3-5-16(17)19/h3-10H,11-13H2,1-2H3,(H,20,22). The first-order valence-electron chi connectivity index (χ1n) is 7.96. The fourth-order valence-electron chi connectivity index (χ4n) is 2.25. The lowest BCUT2D eigenvalue weighted by atomic mass is 10.2. The minimum Gasteiger partial charge on any atom is -0.484 e. The van der Waals surface area contributed by atoms with Crippen LogP contribution in [0.1, 0.15) is 5.56 Å². The summed E-state index contributed by atoms with van der Waals surface area (Å²) in [6.45, 7) is 2.02. The highest BCUT2D eigenvalue weighted by Gasteiger charge is 2.19. The number of carbonyl (C=O) groups excluding carboxylic acids is 1.